The maximum Gasteiger partial charge on any atom is 0.269 e. The first-order valence-electron chi connectivity index (χ1n) is 7.60. The minimum atomic E-state index is -4.14. The molecule has 0 saturated heterocycles. The van der Waals surface area contributed by atoms with Crippen LogP contribution >= 0.6 is 0 Å². The Bertz CT molecular complexity index is 964. The topological polar surface area (TPSA) is 146 Å². The second-order valence-electron chi connectivity index (χ2n) is 5.22. The first-order valence-corrected chi connectivity index (χ1v) is 9.08. The molecule has 0 fully saturated rings. The van der Waals surface area contributed by atoms with Gasteiger partial charge < -0.3 is 14.2 Å². The molecule has 28 heavy (non-hydrogen) atoms. The van der Waals surface area contributed by atoms with Gasteiger partial charge in [-0.15, -0.1) is 4.83 Å². The van der Waals surface area contributed by atoms with Crippen LogP contribution in [0.15, 0.2) is 41.3 Å². The van der Waals surface area contributed by atoms with E-state index in [1.54, 1.807) is 0 Å². The third-order valence-electron chi connectivity index (χ3n) is 3.58. The maximum atomic E-state index is 12.3. The average molecular weight is 411 g/mol. The summed E-state index contributed by atoms with van der Waals surface area (Å²) in [5.41, 5.74) is 1.83. The molecule has 0 aromatic heterocycles. The SMILES string of the molecule is COc1cc(C(=O)NNS(=O)(=O)c2ccc([N+](=O)[O-])cc2)cc(OC)c1OC. The molecule has 11 nitrogen and oxygen atoms in total. The van der Waals surface area contributed by atoms with Crippen molar-refractivity contribution in [3.8, 4) is 17.2 Å². The van der Waals surface area contributed by atoms with E-state index >= 15 is 0 Å². The lowest BCUT2D eigenvalue weighted by Gasteiger charge is -2.14. The molecule has 0 aliphatic carbocycles. The van der Waals surface area contributed by atoms with Gasteiger partial charge in [0.1, 0.15) is 0 Å². The van der Waals surface area contributed by atoms with Gasteiger partial charge in [0.2, 0.25) is 5.75 Å². The van der Waals surface area contributed by atoms with Crippen molar-refractivity contribution in [3.63, 3.8) is 0 Å². The van der Waals surface area contributed by atoms with Gasteiger partial charge in [-0.3, -0.25) is 20.3 Å². The lowest BCUT2D eigenvalue weighted by molar-refractivity contribution is -0.384. The Morgan fingerprint density at radius 1 is 1.00 bits per heavy atom. The standard InChI is InChI=1S/C16H17N3O8S/c1-25-13-8-10(9-14(26-2)15(13)27-3)16(20)17-18-28(23,24)12-6-4-11(5-7-12)19(21)22/h4-9,18H,1-3H3,(H,17,20). The molecular formula is C16H17N3O8S. The van der Waals surface area contributed by atoms with E-state index in [4.69, 9.17) is 14.2 Å². The van der Waals surface area contributed by atoms with Crippen LogP contribution in [-0.4, -0.2) is 40.6 Å². The monoisotopic (exact) mass is 411 g/mol. The molecule has 0 heterocycles. The number of rotatable bonds is 8. The summed E-state index contributed by atoms with van der Waals surface area (Å²) in [7, 11) is 0.00212. The molecule has 2 N–H and O–H groups in total. The number of hydrazine groups is 1. The zero-order chi connectivity index (χ0) is 20.9. The van der Waals surface area contributed by atoms with Crippen molar-refractivity contribution in [2.75, 3.05) is 21.3 Å². The zero-order valence-electron chi connectivity index (χ0n) is 15.1. The number of carbonyl (C=O) groups excluding carboxylic acids is 1. The predicted molar refractivity (Wildman–Crippen MR) is 97.0 cm³/mol. The van der Waals surface area contributed by atoms with E-state index < -0.39 is 20.9 Å². The average Bonchev–Trinajstić information content (AvgIpc) is 2.70. The number of carbonyl (C=O) groups is 1. The highest BCUT2D eigenvalue weighted by Gasteiger charge is 2.20. The van der Waals surface area contributed by atoms with E-state index in [2.05, 4.69) is 5.43 Å². The molecule has 0 radical (unpaired) electrons. The summed E-state index contributed by atoms with van der Waals surface area (Å²) in [5, 5.41) is 10.6. The highest BCUT2D eigenvalue weighted by Crippen LogP contribution is 2.38. The van der Waals surface area contributed by atoms with Crippen LogP contribution in [0.4, 0.5) is 5.69 Å². The molecule has 150 valence electrons. The number of nitro groups is 1. The number of nitrogens with zero attached hydrogens (tertiary/aromatic N) is 1. The van der Waals surface area contributed by atoms with Crippen LogP contribution in [0.1, 0.15) is 10.4 Å². The third kappa shape index (κ3) is 4.47. The fraction of sp³-hybridized carbons (Fsp3) is 0.188. The lowest BCUT2D eigenvalue weighted by Crippen LogP contribution is -2.41. The summed E-state index contributed by atoms with van der Waals surface area (Å²) in [4.78, 5) is 24.0. The summed E-state index contributed by atoms with van der Waals surface area (Å²) in [6.07, 6.45) is 0. The largest absolute Gasteiger partial charge is 0.493 e. The van der Waals surface area contributed by atoms with E-state index in [0.29, 0.717) is 0 Å². The van der Waals surface area contributed by atoms with Gasteiger partial charge in [0.15, 0.2) is 11.5 Å². The summed E-state index contributed by atoms with van der Waals surface area (Å²) in [5.74, 6) is -0.0896. The minimum Gasteiger partial charge on any atom is -0.493 e. The van der Waals surface area contributed by atoms with E-state index in [1.807, 2.05) is 4.83 Å². The lowest BCUT2D eigenvalue weighted by atomic mass is 10.1. The molecule has 0 atom stereocenters. The summed E-state index contributed by atoms with van der Waals surface area (Å²) >= 11 is 0. The van der Waals surface area contributed by atoms with Gasteiger partial charge >= 0.3 is 0 Å². The molecule has 1 amide bonds. The number of hydrogen-bond donors (Lipinski definition) is 2. The van der Waals surface area contributed by atoms with Crippen LogP contribution in [0.5, 0.6) is 17.2 Å². The van der Waals surface area contributed by atoms with Crippen molar-refractivity contribution >= 4 is 21.6 Å². The smallest absolute Gasteiger partial charge is 0.269 e. The second kappa shape index (κ2) is 8.54. The maximum absolute atomic E-state index is 12.3. The Balaban J connectivity index is 2.20. The first-order chi connectivity index (χ1) is 13.2. The molecule has 2 rings (SSSR count). The van der Waals surface area contributed by atoms with Crippen LogP contribution in [0.2, 0.25) is 0 Å². The zero-order valence-corrected chi connectivity index (χ0v) is 15.9. The number of nitro benzene ring substituents is 1. The van der Waals surface area contributed by atoms with Gasteiger partial charge in [-0.1, -0.05) is 0 Å². The highest BCUT2D eigenvalue weighted by atomic mass is 32.2. The van der Waals surface area contributed by atoms with Crippen LogP contribution in [0.25, 0.3) is 0 Å². The van der Waals surface area contributed by atoms with Gasteiger partial charge in [0.05, 0.1) is 31.1 Å². The Morgan fingerprint density at radius 2 is 1.54 bits per heavy atom. The Labute approximate surface area is 160 Å². The molecule has 0 unspecified atom stereocenters. The van der Waals surface area contributed by atoms with Crippen molar-refractivity contribution in [3.05, 3.63) is 52.1 Å². The molecule has 0 saturated carbocycles. The Kier molecular flexibility index (Phi) is 6.38. The number of ether oxygens (including phenoxy) is 3. The Morgan fingerprint density at radius 3 is 1.96 bits per heavy atom. The number of non-ortho nitro benzene ring substituents is 1. The minimum absolute atomic E-state index is 0.0425. The molecule has 0 bridgehead atoms. The number of nitrogens with one attached hydrogen (secondary N) is 2. The van der Waals surface area contributed by atoms with E-state index in [-0.39, 0.29) is 33.4 Å². The number of amides is 1. The molecule has 2 aromatic rings. The molecule has 0 aliphatic heterocycles. The van der Waals surface area contributed by atoms with Crippen LogP contribution in [0, 0.1) is 10.1 Å². The fourth-order valence-corrected chi connectivity index (χ4v) is 3.04. The molecular weight excluding hydrogens is 394 g/mol. The van der Waals surface area contributed by atoms with Crippen LogP contribution < -0.4 is 24.5 Å². The molecule has 0 aliphatic rings. The van der Waals surface area contributed by atoms with Crippen LogP contribution in [0.3, 0.4) is 0 Å². The first kappa shape index (κ1) is 20.9. The normalized spacial score (nSPS) is 10.8. The number of methoxy groups -OCH3 is 3. The number of sulfonamides is 1. The fourth-order valence-electron chi connectivity index (χ4n) is 2.20. The summed E-state index contributed by atoms with van der Waals surface area (Å²) in [6.45, 7) is 0. The Hall–Kier alpha value is -3.38. The summed E-state index contributed by atoms with van der Waals surface area (Å²) < 4.78 is 39.9. The van der Waals surface area contributed by atoms with E-state index in [9.17, 15) is 23.3 Å². The van der Waals surface area contributed by atoms with Gasteiger partial charge in [0.25, 0.3) is 21.6 Å². The van der Waals surface area contributed by atoms with Gasteiger partial charge in [-0.25, -0.2) is 8.42 Å². The van der Waals surface area contributed by atoms with Gasteiger partial charge in [0, 0.05) is 17.7 Å². The van der Waals surface area contributed by atoms with E-state index in [1.165, 1.54) is 33.5 Å². The van der Waals surface area contributed by atoms with E-state index in [0.717, 1.165) is 24.3 Å². The quantitative estimate of drug-likeness (QED) is 0.487. The van der Waals surface area contributed by atoms with Crippen molar-refractivity contribution < 1.29 is 32.3 Å². The van der Waals surface area contributed by atoms with Crippen molar-refractivity contribution in [2.24, 2.45) is 0 Å². The molecule has 0 spiro atoms. The third-order valence-corrected chi connectivity index (χ3v) is 4.85. The number of benzene rings is 2. The molecule has 12 heteroatoms. The predicted octanol–water partition coefficient (Wildman–Crippen LogP) is 1.24. The summed E-state index contributed by atoms with van der Waals surface area (Å²) in [6, 6.07) is 6.86. The van der Waals surface area contributed by atoms with Crippen molar-refractivity contribution in [1.29, 1.82) is 0 Å². The molecule has 2 aromatic carbocycles. The second-order valence-corrected chi connectivity index (χ2v) is 6.91. The van der Waals surface area contributed by atoms with Gasteiger partial charge in [-0.2, -0.15) is 0 Å². The van der Waals surface area contributed by atoms with Crippen molar-refractivity contribution in [2.45, 2.75) is 4.90 Å². The van der Waals surface area contributed by atoms with Crippen molar-refractivity contribution in [1.82, 2.24) is 10.3 Å². The van der Waals surface area contributed by atoms with Crippen LogP contribution in [-0.2, 0) is 10.0 Å². The highest BCUT2D eigenvalue weighted by molar-refractivity contribution is 7.89. The number of hydrogen-bond acceptors (Lipinski definition) is 8. The van der Waals surface area contributed by atoms with Gasteiger partial charge in [-0.05, 0) is 24.3 Å².